The highest BCUT2D eigenvalue weighted by Gasteiger charge is 2.59. The molecule has 1 aromatic heterocycles. The molecular formula is C17H13BrClFN4O2. The van der Waals surface area contributed by atoms with Crippen LogP contribution in [-0.4, -0.2) is 45.1 Å². The Morgan fingerprint density at radius 2 is 2.12 bits per heavy atom. The first-order valence-corrected chi connectivity index (χ1v) is 9.13. The first-order valence-electron chi connectivity index (χ1n) is 7.90. The van der Waals surface area contributed by atoms with Crippen LogP contribution in [0.1, 0.15) is 22.3 Å². The lowest BCUT2D eigenvalue weighted by Crippen LogP contribution is -2.47. The molecule has 4 rings (SSSR count). The van der Waals surface area contributed by atoms with Gasteiger partial charge in [-0.2, -0.15) is 0 Å². The first kappa shape index (κ1) is 17.4. The van der Waals surface area contributed by atoms with Gasteiger partial charge >= 0.3 is 0 Å². The van der Waals surface area contributed by atoms with E-state index in [1.165, 1.54) is 4.90 Å². The molecule has 26 heavy (non-hydrogen) atoms. The van der Waals surface area contributed by atoms with Gasteiger partial charge in [-0.3, -0.25) is 14.9 Å². The van der Waals surface area contributed by atoms with Gasteiger partial charge in [0.1, 0.15) is 6.54 Å². The van der Waals surface area contributed by atoms with Gasteiger partial charge in [0.2, 0.25) is 11.9 Å². The van der Waals surface area contributed by atoms with Gasteiger partial charge in [-0.05, 0) is 30.2 Å². The van der Waals surface area contributed by atoms with Crippen LogP contribution in [0.5, 0.6) is 0 Å². The van der Waals surface area contributed by atoms with E-state index in [4.69, 9.17) is 11.6 Å². The summed E-state index contributed by atoms with van der Waals surface area (Å²) in [6.07, 6.45) is 2.67. The molecule has 0 unspecified atom stereocenters. The second-order valence-electron chi connectivity index (χ2n) is 6.45. The van der Waals surface area contributed by atoms with E-state index in [2.05, 4.69) is 31.2 Å². The Morgan fingerprint density at radius 3 is 2.77 bits per heavy atom. The van der Waals surface area contributed by atoms with Gasteiger partial charge in [-0.15, -0.1) is 11.6 Å². The van der Waals surface area contributed by atoms with Crippen molar-refractivity contribution >= 4 is 45.3 Å². The van der Waals surface area contributed by atoms with E-state index in [1.54, 1.807) is 12.1 Å². The third kappa shape index (κ3) is 2.97. The Balaban J connectivity index is 1.54. The number of halogens is 3. The minimum Gasteiger partial charge on any atom is -0.328 e. The van der Waals surface area contributed by atoms with Crippen molar-refractivity contribution in [2.75, 3.05) is 18.4 Å². The number of carbonyl (C=O) groups excluding carboxylic acids is 2. The molecule has 1 aliphatic heterocycles. The Labute approximate surface area is 161 Å². The molecule has 2 heterocycles. The van der Waals surface area contributed by atoms with E-state index in [-0.39, 0.29) is 29.2 Å². The van der Waals surface area contributed by atoms with Crippen LogP contribution >= 0.6 is 27.5 Å². The number of hydrogen-bond acceptors (Lipinski definition) is 4. The number of nitrogens with zero attached hydrogens (tertiary/aromatic N) is 3. The van der Waals surface area contributed by atoms with Crippen molar-refractivity contribution in [3.05, 3.63) is 52.0 Å². The third-order valence-corrected chi connectivity index (χ3v) is 5.76. The fourth-order valence-corrected chi connectivity index (χ4v) is 4.15. The predicted molar refractivity (Wildman–Crippen MR) is 96.6 cm³/mol. The van der Waals surface area contributed by atoms with Crippen LogP contribution in [0, 0.1) is 5.82 Å². The summed E-state index contributed by atoms with van der Waals surface area (Å²) in [5, 5.41) is 2.39. The lowest BCUT2D eigenvalue weighted by molar-refractivity contribution is -0.117. The zero-order chi connectivity index (χ0) is 18.5. The standard InChI is InChI=1S/C17H13BrClFN4O2/c18-9-1-2-11-12(3-9)17(4-13(17)19)8-24(15(11)26)7-14(25)23-16-21-5-10(20)6-22-16/h1-3,5-6,13H,4,7-8H2,(H,21,22,23,25)/t13-,17+/m0/s1. The van der Waals surface area contributed by atoms with E-state index < -0.39 is 11.7 Å². The van der Waals surface area contributed by atoms with E-state index in [0.29, 0.717) is 12.1 Å². The van der Waals surface area contributed by atoms with Crippen molar-refractivity contribution in [3.8, 4) is 0 Å². The molecule has 0 bridgehead atoms. The summed E-state index contributed by atoms with van der Waals surface area (Å²) in [7, 11) is 0. The van der Waals surface area contributed by atoms with E-state index >= 15 is 0 Å². The quantitative estimate of drug-likeness (QED) is 0.746. The molecule has 9 heteroatoms. The van der Waals surface area contributed by atoms with Crippen molar-refractivity contribution in [2.45, 2.75) is 17.2 Å². The van der Waals surface area contributed by atoms with E-state index in [1.807, 2.05) is 6.07 Å². The van der Waals surface area contributed by atoms with Crippen LogP contribution in [0.15, 0.2) is 35.1 Å². The van der Waals surface area contributed by atoms with Crippen LogP contribution in [0.4, 0.5) is 10.3 Å². The van der Waals surface area contributed by atoms with Gasteiger partial charge in [0.25, 0.3) is 5.91 Å². The summed E-state index contributed by atoms with van der Waals surface area (Å²) < 4.78 is 13.7. The molecule has 2 atom stereocenters. The molecule has 134 valence electrons. The summed E-state index contributed by atoms with van der Waals surface area (Å²) in [6.45, 7) is 0.224. The number of carbonyl (C=O) groups is 2. The average molecular weight is 440 g/mol. The highest BCUT2D eigenvalue weighted by atomic mass is 79.9. The van der Waals surface area contributed by atoms with Crippen LogP contribution in [0.2, 0.25) is 0 Å². The molecule has 2 aliphatic rings. The van der Waals surface area contributed by atoms with Crippen molar-refractivity contribution < 1.29 is 14.0 Å². The topological polar surface area (TPSA) is 75.2 Å². The number of alkyl halides is 1. The molecule has 0 radical (unpaired) electrons. The Bertz CT molecular complexity index is 910. The highest BCUT2D eigenvalue weighted by Crippen LogP contribution is 2.56. The van der Waals surface area contributed by atoms with Crippen LogP contribution in [0.3, 0.4) is 0 Å². The lowest BCUT2D eigenvalue weighted by atomic mass is 9.86. The zero-order valence-corrected chi connectivity index (χ0v) is 15.7. The number of hydrogen-bond donors (Lipinski definition) is 1. The summed E-state index contributed by atoms with van der Waals surface area (Å²) >= 11 is 9.82. The summed E-state index contributed by atoms with van der Waals surface area (Å²) in [5.41, 5.74) is 1.17. The summed E-state index contributed by atoms with van der Waals surface area (Å²) in [6, 6.07) is 5.48. The first-order chi connectivity index (χ1) is 12.4. The molecule has 0 saturated heterocycles. The predicted octanol–water partition coefficient (Wildman–Crippen LogP) is 2.72. The summed E-state index contributed by atoms with van der Waals surface area (Å²) in [4.78, 5) is 33.9. The molecule has 1 saturated carbocycles. The van der Waals surface area contributed by atoms with Gasteiger partial charge < -0.3 is 4.90 Å². The Kier molecular flexibility index (Phi) is 4.19. The molecule has 1 aliphatic carbocycles. The third-order valence-electron chi connectivity index (χ3n) is 4.70. The minimum absolute atomic E-state index is 0.0125. The molecule has 1 aromatic carbocycles. The number of anilines is 1. The lowest BCUT2D eigenvalue weighted by Gasteiger charge is -2.34. The fraction of sp³-hybridized carbons (Fsp3) is 0.294. The van der Waals surface area contributed by atoms with Gasteiger partial charge in [-0.1, -0.05) is 15.9 Å². The molecule has 2 aromatic rings. The van der Waals surface area contributed by atoms with Crippen molar-refractivity contribution in [2.24, 2.45) is 0 Å². The van der Waals surface area contributed by atoms with Gasteiger partial charge in [-0.25, -0.2) is 14.4 Å². The van der Waals surface area contributed by atoms with Crippen molar-refractivity contribution in [1.82, 2.24) is 14.9 Å². The molecule has 1 spiro atoms. The molecule has 1 fully saturated rings. The maximum absolute atomic E-state index is 12.8. The summed E-state index contributed by atoms with van der Waals surface area (Å²) in [5.74, 6) is -1.28. The normalized spacial score (nSPS) is 23.7. The number of amides is 2. The highest BCUT2D eigenvalue weighted by molar-refractivity contribution is 9.10. The van der Waals surface area contributed by atoms with Gasteiger partial charge in [0.05, 0.1) is 12.4 Å². The van der Waals surface area contributed by atoms with Crippen LogP contribution in [-0.2, 0) is 10.2 Å². The van der Waals surface area contributed by atoms with Crippen LogP contribution in [0.25, 0.3) is 0 Å². The number of aromatic nitrogens is 2. The fourth-order valence-electron chi connectivity index (χ4n) is 3.33. The van der Waals surface area contributed by atoms with Crippen LogP contribution < -0.4 is 5.32 Å². The van der Waals surface area contributed by atoms with E-state index in [9.17, 15) is 14.0 Å². The number of rotatable bonds is 3. The molecule has 1 N–H and O–H groups in total. The average Bonchev–Trinajstić information content (AvgIpc) is 3.25. The molecular weight excluding hydrogens is 427 g/mol. The smallest absolute Gasteiger partial charge is 0.254 e. The van der Waals surface area contributed by atoms with Crippen molar-refractivity contribution in [3.63, 3.8) is 0 Å². The zero-order valence-electron chi connectivity index (χ0n) is 13.4. The number of nitrogens with one attached hydrogen (secondary N) is 1. The maximum Gasteiger partial charge on any atom is 0.254 e. The maximum atomic E-state index is 12.8. The largest absolute Gasteiger partial charge is 0.328 e. The second kappa shape index (κ2) is 6.28. The second-order valence-corrected chi connectivity index (χ2v) is 7.89. The number of benzene rings is 1. The van der Waals surface area contributed by atoms with Crippen molar-refractivity contribution in [1.29, 1.82) is 0 Å². The Hall–Kier alpha value is -2.06. The number of fused-ring (bicyclic) bond motifs is 2. The molecule has 2 amide bonds. The van der Waals surface area contributed by atoms with Gasteiger partial charge in [0, 0.05) is 27.4 Å². The monoisotopic (exact) mass is 438 g/mol. The molecule has 6 nitrogen and oxygen atoms in total. The van der Waals surface area contributed by atoms with E-state index in [0.717, 1.165) is 28.9 Å². The minimum atomic E-state index is -0.596. The Morgan fingerprint density at radius 1 is 1.42 bits per heavy atom. The SMILES string of the molecule is O=C(CN1C[C@]2(C[C@@H]2Cl)c2cc(Br)ccc2C1=O)Nc1ncc(F)cn1. The van der Waals surface area contributed by atoms with Gasteiger partial charge in [0.15, 0.2) is 5.82 Å².